The molecule has 0 fully saturated rings. The zero-order chi connectivity index (χ0) is 38.0. The summed E-state index contributed by atoms with van der Waals surface area (Å²) in [7, 11) is 0. The number of anilines is 1. The number of rotatable bonds is 4. The minimum absolute atomic E-state index is 0.0663. The van der Waals surface area contributed by atoms with Crippen LogP contribution < -0.4 is 9.64 Å². The third-order valence-corrected chi connectivity index (χ3v) is 7.05. The molecule has 0 saturated heterocycles. The van der Waals surface area contributed by atoms with E-state index in [0.717, 1.165) is 0 Å². The van der Waals surface area contributed by atoms with E-state index in [1.807, 2.05) is 0 Å². The second kappa shape index (κ2) is 14.5. The van der Waals surface area contributed by atoms with Crippen molar-refractivity contribution >= 4 is 17.9 Å². The highest BCUT2D eigenvalue weighted by atomic mass is 19.4. The van der Waals surface area contributed by atoms with E-state index in [1.165, 1.54) is 60.6 Å². The maximum atomic E-state index is 15.2. The van der Waals surface area contributed by atoms with Crippen LogP contribution in [-0.4, -0.2) is 50.9 Å². The number of carbonyl (C=O) groups excluding carboxylic acids is 2. The summed E-state index contributed by atoms with van der Waals surface area (Å²) in [6.45, 7) is 9.51. The van der Waals surface area contributed by atoms with Gasteiger partial charge < -0.3 is 23.4 Å². The molecule has 0 radical (unpaired) electrons. The molecule has 2 amide bonds. The number of ether oxygens (including phenoxy) is 4. The highest BCUT2D eigenvalue weighted by Crippen LogP contribution is 2.48. The highest BCUT2D eigenvalue weighted by molar-refractivity contribution is 6.11. The number of benzene rings is 1. The van der Waals surface area contributed by atoms with E-state index in [0.29, 0.717) is 11.6 Å². The van der Waals surface area contributed by atoms with E-state index in [9.17, 15) is 22.8 Å². The summed E-state index contributed by atoms with van der Waals surface area (Å²) in [5, 5.41) is 7.36. The standard InChI is InChI=1S/C34H38F6N4O7/c1-20-14-10-9-13-17-32(34(38,39)40,47-19-21-15-11-8-12-16-21)27-43-42-26(49-27)24-23(18-22(33(35,36)37)25(41-24)48-20)44(28(45)50-30(2,3)4)29(46)51-31(5,6)7/h8-9,11-13,15-16,18,20H,10,14,17,19H2,1-7H3/b13-9-/t20-,32-/m1/s1. The van der Waals surface area contributed by atoms with Crippen LogP contribution in [0.25, 0.3) is 11.6 Å². The Morgan fingerprint density at radius 1 is 0.922 bits per heavy atom. The minimum atomic E-state index is -5.18. The lowest BCUT2D eigenvalue weighted by molar-refractivity contribution is -0.295. The lowest BCUT2D eigenvalue weighted by Gasteiger charge is -2.32. The van der Waals surface area contributed by atoms with E-state index in [2.05, 4.69) is 15.2 Å². The van der Waals surface area contributed by atoms with Crippen LogP contribution in [0.15, 0.2) is 53.0 Å². The lowest BCUT2D eigenvalue weighted by atomic mass is 9.97. The van der Waals surface area contributed by atoms with Crippen LogP contribution in [0.3, 0.4) is 0 Å². The molecule has 1 aliphatic rings. The summed E-state index contributed by atoms with van der Waals surface area (Å²) >= 11 is 0. The van der Waals surface area contributed by atoms with Crippen molar-refractivity contribution in [2.75, 3.05) is 4.90 Å². The Morgan fingerprint density at radius 2 is 1.53 bits per heavy atom. The number of allylic oxidation sites excluding steroid dienone is 1. The smallest absolute Gasteiger partial charge is 0.426 e. The quantitative estimate of drug-likeness (QED) is 0.190. The first-order valence-corrected chi connectivity index (χ1v) is 15.8. The average Bonchev–Trinajstić information content (AvgIpc) is 3.46. The number of fused-ring (bicyclic) bond motifs is 5. The van der Waals surface area contributed by atoms with Gasteiger partial charge in [0.05, 0.1) is 18.4 Å². The number of imide groups is 1. The van der Waals surface area contributed by atoms with Gasteiger partial charge in [0.1, 0.15) is 16.8 Å². The molecule has 4 bridgehead atoms. The van der Waals surface area contributed by atoms with Gasteiger partial charge in [-0.1, -0.05) is 42.5 Å². The van der Waals surface area contributed by atoms with Crippen molar-refractivity contribution in [3.8, 4) is 17.5 Å². The second-order valence-corrected chi connectivity index (χ2v) is 13.7. The molecule has 0 aliphatic carbocycles. The first-order chi connectivity index (χ1) is 23.5. The molecule has 4 rings (SSSR count). The number of halogens is 6. The zero-order valence-electron chi connectivity index (χ0n) is 28.9. The van der Waals surface area contributed by atoms with Crippen molar-refractivity contribution in [3.63, 3.8) is 0 Å². The van der Waals surface area contributed by atoms with Crippen molar-refractivity contribution < 1.29 is 59.3 Å². The molecule has 0 spiro atoms. The van der Waals surface area contributed by atoms with Crippen LogP contribution in [0.2, 0.25) is 0 Å². The number of hydrogen-bond acceptors (Lipinski definition) is 10. The van der Waals surface area contributed by atoms with Crippen LogP contribution in [-0.2, 0) is 32.6 Å². The van der Waals surface area contributed by atoms with Crippen LogP contribution in [0.5, 0.6) is 5.88 Å². The summed E-state index contributed by atoms with van der Waals surface area (Å²) in [5.74, 6) is -3.04. The minimum Gasteiger partial charge on any atom is -0.474 e. The lowest BCUT2D eigenvalue weighted by Crippen LogP contribution is -2.45. The Kier molecular flexibility index (Phi) is 11.1. The van der Waals surface area contributed by atoms with E-state index in [1.54, 1.807) is 30.3 Å². The average molecular weight is 729 g/mol. The molecule has 2 aromatic heterocycles. The molecule has 1 aliphatic heterocycles. The van der Waals surface area contributed by atoms with Crippen LogP contribution in [0.1, 0.15) is 84.7 Å². The Bertz CT molecular complexity index is 1700. The number of carbonyl (C=O) groups is 2. The summed E-state index contributed by atoms with van der Waals surface area (Å²) in [6.07, 6.45) is -12.4. The fourth-order valence-corrected chi connectivity index (χ4v) is 4.73. The highest BCUT2D eigenvalue weighted by Gasteiger charge is 2.61. The zero-order valence-corrected chi connectivity index (χ0v) is 28.9. The van der Waals surface area contributed by atoms with Gasteiger partial charge in [-0.3, -0.25) is 0 Å². The Balaban J connectivity index is 2.04. The predicted molar refractivity (Wildman–Crippen MR) is 170 cm³/mol. The van der Waals surface area contributed by atoms with Crippen LogP contribution in [0, 0.1) is 0 Å². The Morgan fingerprint density at radius 3 is 2.08 bits per heavy atom. The van der Waals surface area contributed by atoms with E-state index in [4.69, 9.17) is 23.4 Å². The Hall–Kier alpha value is -4.67. The van der Waals surface area contributed by atoms with Gasteiger partial charge in [-0.2, -0.15) is 31.2 Å². The first-order valence-electron chi connectivity index (χ1n) is 15.8. The molecule has 2 atom stereocenters. The summed E-state index contributed by atoms with van der Waals surface area (Å²) in [4.78, 5) is 31.2. The van der Waals surface area contributed by atoms with Gasteiger partial charge in [-0.25, -0.2) is 14.6 Å². The molecule has 51 heavy (non-hydrogen) atoms. The van der Waals surface area contributed by atoms with Gasteiger partial charge in [-0.15, -0.1) is 10.2 Å². The van der Waals surface area contributed by atoms with Crippen molar-refractivity contribution in [1.29, 1.82) is 0 Å². The van der Waals surface area contributed by atoms with Gasteiger partial charge in [0.15, 0.2) is 5.69 Å². The molecule has 0 saturated carbocycles. The van der Waals surface area contributed by atoms with E-state index < -0.39 is 95.1 Å². The second-order valence-electron chi connectivity index (χ2n) is 13.7. The summed E-state index contributed by atoms with van der Waals surface area (Å²) in [5.41, 5.74) is -8.71. The number of amides is 2. The monoisotopic (exact) mass is 728 g/mol. The summed E-state index contributed by atoms with van der Waals surface area (Å²) < 4.78 is 117. The fourth-order valence-electron chi connectivity index (χ4n) is 4.73. The molecule has 11 nitrogen and oxygen atoms in total. The van der Waals surface area contributed by atoms with Gasteiger partial charge in [0.2, 0.25) is 11.5 Å². The largest absolute Gasteiger partial charge is 0.474 e. The van der Waals surface area contributed by atoms with Crippen molar-refractivity contribution in [2.45, 2.75) is 110 Å². The number of hydrogen-bond donors (Lipinski definition) is 0. The summed E-state index contributed by atoms with van der Waals surface area (Å²) in [6, 6.07) is 8.34. The van der Waals surface area contributed by atoms with Gasteiger partial charge in [0.25, 0.3) is 11.8 Å². The molecular weight excluding hydrogens is 690 g/mol. The first kappa shape index (κ1) is 39.1. The number of aromatic nitrogens is 3. The SMILES string of the molecule is C[C@@H]1CC/C=C\C[C@](OCc2ccccc2)(C(F)(F)F)c2nnc(o2)-c2nc(c(C(F)(F)F)cc2N(C(=O)OC(C)(C)C)C(=O)OC(C)(C)C)O1. The molecule has 3 heterocycles. The Labute approximate surface area is 289 Å². The van der Waals surface area contributed by atoms with Gasteiger partial charge in [-0.05, 0) is 72.9 Å². The number of nitrogens with zero attached hydrogens (tertiary/aromatic N) is 4. The molecule has 278 valence electrons. The molecule has 17 heteroatoms. The topological polar surface area (TPSA) is 126 Å². The van der Waals surface area contributed by atoms with Crippen molar-refractivity contribution in [3.05, 3.63) is 65.6 Å². The van der Waals surface area contributed by atoms with E-state index >= 15 is 13.2 Å². The van der Waals surface area contributed by atoms with Crippen molar-refractivity contribution in [2.24, 2.45) is 0 Å². The molecule has 0 unspecified atom stereocenters. The van der Waals surface area contributed by atoms with Gasteiger partial charge >= 0.3 is 24.5 Å². The van der Waals surface area contributed by atoms with Crippen LogP contribution >= 0.6 is 0 Å². The third kappa shape index (κ3) is 9.56. The predicted octanol–water partition coefficient (Wildman–Crippen LogP) is 9.31. The normalized spacial score (nSPS) is 19.4. The maximum absolute atomic E-state index is 15.2. The molecule has 1 aromatic carbocycles. The third-order valence-electron chi connectivity index (χ3n) is 7.05. The molecular formula is C34H38F6N4O7. The number of alkyl halides is 6. The fraction of sp³-hybridized carbons (Fsp3) is 0.500. The van der Waals surface area contributed by atoms with E-state index in [-0.39, 0.29) is 17.7 Å². The number of pyridine rings is 1. The van der Waals surface area contributed by atoms with Gasteiger partial charge in [0, 0.05) is 6.42 Å². The van der Waals surface area contributed by atoms with Crippen molar-refractivity contribution in [1.82, 2.24) is 15.2 Å². The van der Waals surface area contributed by atoms with Crippen LogP contribution in [0.4, 0.5) is 41.6 Å². The molecule has 3 aromatic rings. The molecule has 0 N–H and O–H groups in total. The maximum Gasteiger partial charge on any atom is 0.426 e.